The van der Waals surface area contributed by atoms with Crippen molar-refractivity contribution in [1.82, 2.24) is 15.0 Å². The predicted molar refractivity (Wildman–Crippen MR) is 101 cm³/mol. The Morgan fingerprint density at radius 1 is 1.04 bits per heavy atom. The Morgan fingerprint density at radius 3 is 2.81 bits per heavy atom. The van der Waals surface area contributed by atoms with E-state index in [4.69, 9.17) is 9.47 Å². The van der Waals surface area contributed by atoms with Crippen LogP contribution in [0, 0.1) is 0 Å². The summed E-state index contributed by atoms with van der Waals surface area (Å²) >= 11 is 1.34. The Bertz CT molecular complexity index is 1170. The molecule has 132 valence electrons. The van der Waals surface area contributed by atoms with E-state index in [2.05, 4.69) is 20.3 Å². The second-order valence-corrected chi connectivity index (χ2v) is 6.66. The molecule has 1 aliphatic rings. The van der Waals surface area contributed by atoms with Gasteiger partial charge in [0, 0.05) is 10.9 Å². The van der Waals surface area contributed by atoms with Crippen molar-refractivity contribution < 1.29 is 14.3 Å². The molecule has 5 rings (SSSR count). The monoisotopic (exact) mass is 376 g/mol. The fourth-order valence-corrected chi connectivity index (χ4v) is 3.46. The highest BCUT2D eigenvalue weighted by atomic mass is 32.1. The number of rotatable bonds is 3. The summed E-state index contributed by atoms with van der Waals surface area (Å²) in [5.74, 6) is 1.06. The first-order chi connectivity index (χ1) is 13.3. The van der Waals surface area contributed by atoms with Gasteiger partial charge in [-0.3, -0.25) is 15.1 Å². The summed E-state index contributed by atoms with van der Waals surface area (Å²) < 4.78 is 10.7. The Balaban J connectivity index is 1.37. The molecule has 8 heteroatoms. The molecule has 7 nitrogen and oxygen atoms in total. The number of carbonyl (C=O) groups is 1. The van der Waals surface area contributed by atoms with Crippen LogP contribution in [0.15, 0.2) is 54.0 Å². The van der Waals surface area contributed by atoms with Gasteiger partial charge >= 0.3 is 0 Å². The lowest BCUT2D eigenvalue weighted by molar-refractivity contribution is 0.102. The van der Waals surface area contributed by atoms with Crippen molar-refractivity contribution in [3.8, 4) is 22.8 Å². The number of hydrogen-bond donors (Lipinski definition) is 1. The van der Waals surface area contributed by atoms with Crippen LogP contribution in [-0.2, 0) is 0 Å². The van der Waals surface area contributed by atoms with Gasteiger partial charge in [0.1, 0.15) is 5.69 Å². The standard InChI is InChI=1S/C19H12N4O3S/c24-18(14-8-20-12-3-1-2-4-13(12)21-14)23-19-22-15(9-27-19)11-5-6-16-17(7-11)26-10-25-16/h1-9H,10H2,(H,22,23,24). The second kappa shape index (κ2) is 6.33. The van der Waals surface area contributed by atoms with E-state index >= 15 is 0 Å². The van der Waals surface area contributed by atoms with Crippen LogP contribution in [0.4, 0.5) is 5.13 Å². The smallest absolute Gasteiger partial charge is 0.277 e. The zero-order valence-electron chi connectivity index (χ0n) is 13.9. The molecular weight excluding hydrogens is 364 g/mol. The summed E-state index contributed by atoms with van der Waals surface area (Å²) in [6.07, 6.45) is 1.46. The number of ether oxygens (including phenoxy) is 2. The van der Waals surface area contributed by atoms with E-state index in [1.165, 1.54) is 17.5 Å². The average Bonchev–Trinajstić information content (AvgIpc) is 3.36. The Morgan fingerprint density at radius 2 is 1.89 bits per heavy atom. The summed E-state index contributed by atoms with van der Waals surface area (Å²) in [6, 6.07) is 13.0. The van der Waals surface area contributed by atoms with Crippen molar-refractivity contribution in [3.63, 3.8) is 0 Å². The van der Waals surface area contributed by atoms with E-state index in [-0.39, 0.29) is 18.4 Å². The minimum Gasteiger partial charge on any atom is -0.454 e. The van der Waals surface area contributed by atoms with E-state index in [1.54, 1.807) is 0 Å². The number of amides is 1. The lowest BCUT2D eigenvalue weighted by atomic mass is 10.1. The fourth-order valence-electron chi connectivity index (χ4n) is 2.75. The van der Waals surface area contributed by atoms with E-state index in [1.807, 2.05) is 47.8 Å². The van der Waals surface area contributed by atoms with Gasteiger partial charge in [-0.15, -0.1) is 11.3 Å². The summed E-state index contributed by atoms with van der Waals surface area (Å²) in [4.78, 5) is 25.6. The summed E-state index contributed by atoms with van der Waals surface area (Å²) in [5.41, 5.74) is 3.30. The molecule has 27 heavy (non-hydrogen) atoms. The number of aromatic nitrogens is 3. The lowest BCUT2D eigenvalue weighted by Crippen LogP contribution is -2.14. The summed E-state index contributed by atoms with van der Waals surface area (Å²) in [5, 5.41) is 5.14. The van der Waals surface area contributed by atoms with Crippen LogP contribution >= 0.6 is 11.3 Å². The molecule has 0 saturated carbocycles. The van der Waals surface area contributed by atoms with Gasteiger partial charge < -0.3 is 9.47 Å². The van der Waals surface area contributed by atoms with E-state index in [0.29, 0.717) is 16.4 Å². The SMILES string of the molecule is O=C(Nc1nc(-c2ccc3c(c2)OCO3)cs1)c1cnc2ccccc2n1. The van der Waals surface area contributed by atoms with Crippen LogP contribution < -0.4 is 14.8 Å². The van der Waals surface area contributed by atoms with Gasteiger partial charge in [0.25, 0.3) is 5.91 Å². The molecule has 2 aromatic carbocycles. The first-order valence-corrected chi connectivity index (χ1v) is 9.03. The molecule has 0 spiro atoms. The zero-order valence-corrected chi connectivity index (χ0v) is 14.7. The third kappa shape index (κ3) is 2.96. The van der Waals surface area contributed by atoms with Gasteiger partial charge in [-0.1, -0.05) is 12.1 Å². The van der Waals surface area contributed by atoms with Crippen molar-refractivity contribution in [2.24, 2.45) is 0 Å². The lowest BCUT2D eigenvalue weighted by Gasteiger charge is -2.02. The molecule has 1 amide bonds. The van der Waals surface area contributed by atoms with Crippen molar-refractivity contribution >= 4 is 33.4 Å². The van der Waals surface area contributed by atoms with Crippen LogP contribution in [0.2, 0.25) is 0 Å². The Labute approximate surface area is 157 Å². The molecule has 0 fully saturated rings. The molecule has 0 saturated heterocycles. The third-order valence-corrected chi connectivity index (χ3v) is 4.83. The zero-order chi connectivity index (χ0) is 18.2. The van der Waals surface area contributed by atoms with Crippen LogP contribution in [0.1, 0.15) is 10.5 Å². The number of benzene rings is 2. The largest absolute Gasteiger partial charge is 0.454 e. The maximum atomic E-state index is 12.5. The van der Waals surface area contributed by atoms with E-state index in [9.17, 15) is 4.79 Å². The average molecular weight is 376 g/mol. The fraction of sp³-hybridized carbons (Fsp3) is 0.0526. The first-order valence-electron chi connectivity index (χ1n) is 8.15. The number of para-hydroxylation sites is 2. The maximum Gasteiger partial charge on any atom is 0.277 e. The number of carbonyl (C=O) groups excluding carboxylic acids is 1. The van der Waals surface area contributed by atoms with Crippen molar-refractivity contribution in [2.45, 2.75) is 0 Å². The number of fused-ring (bicyclic) bond motifs is 2. The Kier molecular flexibility index (Phi) is 3.68. The normalized spacial score (nSPS) is 12.3. The predicted octanol–water partition coefficient (Wildman–Crippen LogP) is 3.73. The van der Waals surface area contributed by atoms with Crippen molar-refractivity contribution in [2.75, 3.05) is 12.1 Å². The minimum absolute atomic E-state index is 0.226. The minimum atomic E-state index is -0.347. The van der Waals surface area contributed by atoms with Crippen LogP contribution in [0.25, 0.3) is 22.3 Å². The van der Waals surface area contributed by atoms with E-state index < -0.39 is 0 Å². The molecule has 0 radical (unpaired) electrons. The maximum absolute atomic E-state index is 12.5. The Hall–Kier alpha value is -3.52. The molecule has 3 heterocycles. The molecule has 0 unspecified atom stereocenters. The molecule has 0 aliphatic carbocycles. The number of hydrogen-bond acceptors (Lipinski definition) is 7. The van der Waals surface area contributed by atoms with E-state index in [0.717, 1.165) is 22.5 Å². The number of anilines is 1. The molecule has 4 aromatic rings. The third-order valence-electron chi connectivity index (χ3n) is 4.07. The van der Waals surface area contributed by atoms with Crippen LogP contribution in [0.5, 0.6) is 11.5 Å². The topological polar surface area (TPSA) is 86.2 Å². The van der Waals surface area contributed by atoms with Crippen LogP contribution in [-0.4, -0.2) is 27.7 Å². The second-order valence-electron chi connectivity index (χ2n) is 5.80. The molecular formula is C19H12N4O3S. The molecule has 1 aliphatic heterocycles. The van der Waals surface area contributed by atoms with Gasteiger partial charge in [-0.05, 0) is 30.3 Å². The van der Waals surface area contributed by atoms with Gasteiger partial charge in [0.15, 0.2) is 16.6 Å². The summed E-state index contributed by atoms with van der Waals surface area (Å²) in [6.45, 7) is 0.226. The molecule has 1 N–H and O–H groups in total. The molecule has 0 atom stereocenters. The van der Waals surface area contributed by atoms with Crippen LogP contribution in [0.3, 0.4) is 0 Å². The van der Waals surface area contributed by atoms with Crippen molar-refractivity contribution in [1.29, 1.82) is 0 Å². The number of thiazole rings is 1. The van der Waals surface area contributed by atoms with Gasteiger partial charge in [0.2, 0.25) is 6.79 Å². The van der Waals surface area contributed by atoms with Gasteiger partial charge in [-0.2, -0.15) is 0 Å². The van der Waals surface area contributed by atoms with Gasteiger partial charge in [0.05, 0.1) is 22.9 Å². The molecule has 0 bridgehead atoms. The highest BCUT2D eigenvalue weighted by Crippen LogP contribution is 2.36. The summed E-state index contributed by atoms with van der Waals surface area (Å²) in [7, 11) is 0. The number of nitrogens with zero attached hydrogens (tertiary/aromatic N) is 3. The highest BCUT2D eigenvalue weighted by molar-refractivity contribution is 7.14. The first kappa shape index (κ1) is 15.7. The van der Waals surface area contributed by atoms with Crippen molar-refractivity contribution in [3.05, 3.63) is 59.7 Å². The van der Waals surface area contributed by atoms with Gasteiger partial charge in [-0.25, -0.2) is 9.97 Å². The highest BCUT2D eigenvalue weighted by Gasteiger charge is 2.16. The molecule has 2 aromatic heterocycles. The number of nitrogens with one attached hydrogen (secondary N) is 1. The quantitative estimate of drug-likeness (QED) is 0.586.